The number of rotatable bonds is 3. The normalized spacial score (nSPS) is 11.7. The number of benzene rings is 1. The number of aliphatic hydroxyl groups is 1. The van der Waals surface area contributed by atoms with E-state index in [1.807, 2.05) is 0 Å². The molecular formula is C11H10O3. The summed E-state index contributed by atoms with van der Waals surface area (Å²) in [5.41, 5.74) is 1.01. The van der Waals surface area contributed by atoms with Gasteiger partial charge in [-0.2, -0.15) is 0 Å². The maximum absolute atomic E-state index is 10.4. The lowest BCUT2D eigenvalue weighted by Crippen LogP contribution is -2.06. The van der Waals surface area contributed by atoms with Gasteiger partial charge in [0, 0.05) is 5.56 Å². The Bertz CT molecular complexity index is 376. The molecule has 0 radical (unpaired) electrons. The van der Waals surface area contributed by atoms with Gasteiger partial charge in [0.1, 0.15) is 0 Å². The van der Waals surface area contributed by atoms with Crippen LogP contribution in [0, 0.1) is 12.3 Å². The molecular weight excluding hydrogens is 180 g/mol. The molecule has 3 nitrogen and oxygen atoms in total. The molecule has 1 aromatic carbocycles. The van der Waals surface area contributed by atoms with E-state index < -0.39 is 12.1 Å². The zero-order chi connectivity index (χ0) is 10.6. The Morgan fingerprint density at radius 3 is 2.71 bits per heavy atom. The summed E-state index contributed by atoms with van der Waals surface area (Å²) < 4.78 is 0. The lowest BCUT2D eigenvalue weighted by Gasteiger charge is -2.09. The zero-order valence-corrected chi connectivity index (χ0v) is 7.47. The third-order valence-electron chi connectivity index (χ3n) is 1.84. The fourth-order valence-corrected chi connectivity index (χ4v) is 1.19. The van der Waals surface area contributed by atoms with Crippen molar-refractivity contribution >= 4 is 5.97 Å². The molecule has 0 saturated heterocycles. The number of hydrogen-bond acceptors (Lipinski definition) is 2. The highest BCUT2D eigenvalue weighted by Gasteiger charge is 2.14. The van der Waals surface area contributed by atoms with Crippen LogP contribution >= 0.6 is 0 Å². The van der Waals surface area contributed by atoms with Crippen molar-refractivity contribution in [2.24, 2.45) is 0 Å². The number of hydrogen-bond donors (Lipinski definition) is 2. The minimum atomic E-state index is -1.05. The largest absolute Gasteiger partial charge is 0.481 e. The SMILES string of the molecule is C#Cc1ccccc1C(O)CC(=O)O. The second kappa shape index (κ2) is 4.45. The molecule has 0 aromatic heterocycles. The van der Waals surface area contributed by atoms with Gasteiger partial charge in [0.2, 0.25) is 0 Å². The highest BCUT2D eigenvalue weighted by atomic mass is 16.4. The maximum atomic E-state index is 10.4. The Morgan fingerprint density at radius 2 is 2.14 bits per heavy atom. The van der Waals surface area contributed by atoms with E-state index >= 15 is 0 Å². The number of carboxylic acid groups (broad SMARTS) is 1. The number of aliphatic hydroxyl groups excluding tert-OH is 1. The topological polar surface area (TPSA) is 57.5 Å². The Morgan fingerprint density at radius 1 is 1.50 bits per heavy atom. The first-order chi connectivity index (χ1) is 6.65. The summed E-state index contributed by atoms with van der Waals surface area (Å²) in [6, 6.07) is 6.75. The molecule has 0 bridgehead atoms. The van der Waals surface area contributed by atoms with Crippen LogP contribution in [0.25, 0.3) is 0 Å². The van der Waals surface area contributed by atoms with E-state index in [-0.39, 0.29) is 6.42 Å². The highest BCUT2D eigenvalue weighted by Crippen LogP contribution is 2.19. The van der Waals surface area contributed by atoms with Crippen LogP contribution in [0.2, 0.25) is 0 Å². The van der Waals surface area contributed by atoms with Crippen LogP contribution in [-0.4, -0.2) is 16.2 Å². The van der Waals surface area contributed by atoms with Crippen LogP contribution in [0.1, 0.15) is 23.7 Å². The van der Waals surface area contributed by atoms with Crippen molar-refractivity contribution in [3.8, 4) is 12.3 Å². The van der Waals surface area contributed by atoms with E-state index in [1.54, 1.807) is 24.3 Å². The van der Waals surface area contributed by atoms with Crippen LogP contribution in [0.5, 0.6) is 0 Å². The number of carboxylic acids is 1. The summed E-state index contributed by atoms with van der Waals surface area (Å²) in [5, 5.41) is 18.0. The second-order valence-electron chi connectivity index (χ2n) is 2.85. The molecule has 0 heterocycles. The molecule has 1 atom stereocenters. The van der Waals surface area contributed by atoms with Gasteiger partial charge in [-0.3, -0.25) is 4.79 Å². The minimum absolute atomic E-state index is 0.335. The quantitative estimate of drug-likeness (QED) is 0.703. The van der Waals surface area contributed by atoms with Gasteiger partial charge in [-0.1, -0.05) is 24.1 Å². The van der Waals surface area contributed by atoms with E-state index in [0.717, 1.165) is 0 Å². The summed E-state index contributed by atoms with van der Waals surface area (Å²) in [6.07, 6.45) is 3.83. The average molecular weight is 190 g/mol. The third kappa shape index (κ3) is 2.35. The molecule has 1 rings (SSSR count). The molecule has 3 heteroatoms. The Labute approximate surface area is 82.0 Å². The van der Waals surface area contributed by atoms with E-state index in [4.69, 9.17) is 11.5 Å². The molecule has 0 aliphatic heterocycles. The molecule has 0 fully saturated rings. The standard InChI is InChI=1S/C11H10O3/c1-2-8-5-3-4-6-9(8)10(12)7-11(13)14/h1,3-6,10,12H,7H2,(H,13,14). The average Bonchev–Trinajstić information content (AvgIpc) is 2.16. The van der Waals surface area contributed by atoms with Crippen molar-refractivity contribution in [3.63, 3.8) is 0 Å². The summed E-state index contributed by atoms with van der Waals surface area (Å²) in [4.78, 5) is 10.4. The second-order valence-corrected chi connectivity index (χ2v) is 2.85. The smallest absolute Gasteiger partial charge is 0.306 e. The molecule has 2 N–H and O–H groups in total. The first-order valence-corrected chi connectivity index (χ1v) is 4.10. The van der Waals surface area contributed by atoms with E-state index in [9.17, 15) is 9.90 Å². The van der Waals surface area contributed by atoms with Crippen LogP contribution in [0.15, 0.2) is 24.3 Å². The predicted molar refractivity (Wildman–Crippen MR) is 51.6 cm³/mol. The van der Waals surface area contributed by atoms with Crippen molar-refractivity contribution in [3.05, 3.63) is 35.4 Å². The zero-order valence-electron chi connectivity index (χ0n) is 7.47. The van der Waals surface area contributed by atoms with Crippen molar-refractivity contribution in [1.82, 2.24) is 0 Å². The van der Waals surface area contributed by atoms with Gasteiger partial charge in [-0.05, 0) is 11.6 Å². The molecule has 0 spiro atoms. The van der Waals surface area contributed by atoms with Crippen LogP contribution in [-0.2, 0) is 4.79 Å². The van der Waals surface area contributed by atoms with E-state index in [2.05, 4.69) is 5.92 Å². The van der Waals surface area contributed by atoms with Crippen LogP contribution < -0.4 is 0 Å². The maximum Gasteiger partial charge on any atom is 0.306 e. The van der Waals surface area contributed by atoms with Crippen molar-refractivity contribution in [1.29, 1.82) is 0 Å². The van der Waals surface area contributed by atoms with Crippen LogP contribution in [0.4, 0.5) is 0 Å². The predicted octanol–water partition coefficient (Wildman–Crippen LogP) is 1.18. The van der Waals surface area contributed by atoms with Gasteiger partial charge in [0.15, 0.2) is 0 Å². The van der Waals surface area contributed by atoms with E-state index in [0.29, 0.717) is 11.1 Å². The lowest BCUT2D eigenvalue weighted by atomic mass is 10.0. The molecule has 72 valence electrons. The molecule has 0 saturated carbocycles. The monoisotopic (exact) mass is 190 g/mol. The Balaban J connectivity index is 2.95. The number of carbonyl (C=O) groups is 1. The van der Waals surface area contributed by atoms with Gasteiger partial charge in [-0.25, -0.2) is 0 Å². The molecule has 1 aromatic rings. The first-order valence-electron chi connectivity index (χ1n) is 4.10. The van der Waals surface area contributed by atoms with E-state index in [1.165, 1.54) is 0 Å². The van der Waals surface area contributed by atoms with Gasteiger partial charge in [0.25, 0.3) is 0 Å². The van der Waals surface area contributed by atoms with Crippen molar-refractivity contribution in [2.45, 2.75) is 12.5 Å². The fourth-order valence-electron chi connectivity index (χ4n) is 1.19. The van der Waals surface area contributed by atoms with Crippen molar-refractivity contribution in [2.75, 3.05) is 0 Å². The number of aliphatic carboxylic acids is 1. The third-order valence-corrected chi connectivity index (χ3v) is 1.84. The van der Waals surface area contributed by atoms with Gasteiger partial charge >= 0.3 is 5.97 Å². The molecule has 1 unspecified atom stereocenters. The number of terminal acetylenes is 1. The van der Waals surface area contributed by atoms with Crippen LogP contribution in [0.3, 0.4) is 0 Å². The molecule has 14 heavy (non-hydrogen) atoms. The molecule has 0 aliphatic rings. The molecule has 0 amide bonds. The minimum Gasteiger partial charge on any atom is -0.481 e. The van der Waals surface area contributed by atoms with Gasteiger partial charge in [-0.15, -0.1) is 6.42 Å². The Hall–Kier alpha value is -1.79. The molecule has 0 aliphatic carbocycles. The van der Waals surface area contributed by atoms with Gasteiger partial charge in [0.05, 0.1) is 12.5 Å². The fraction of sp³-hybridized carbons (Fsp3) is 0.182. The van der Waals surface area contributed by atoms with Crippen molar-refractivity contribution < 1.29 is 15.0 Å². The van der Waals surface area contributed by atoms with Gasteiger partial charge < -0.3 is 10.2 Å². The summed E-state index contributed by atoms with van der Waals surface area (Å²) in [7, 11) is 0. The highest BCUT2D eigenvalue weighted by molar-refractivity contribution is 5.68. The lowest BCUT2D eigenvalue weighted by molar-refractivity contribution is -0.139. The first kappa shape index (κ1) is 10.3. The Kier molecular flexibility index (Phi) is 3.27. The summed E-state index contributed by atoms with van der Waals surface area (Å²) in [5.74, 6) is 1.35. The summed E-state index contributed by atoms with van der Waals surface area (Å²) >= 11 is 0. The summed E-state index contributed by atoms with van der Waals surface area (Å²) in [6.45, 7) is 0.